The fraction of sp³-hybridized carbons (Fsp3) is 0.200. The van der Waals surface area contributed by atoms with Crippen molar-refractivity contribution in [2.75, 3.05) is 7.11 Å². The van der Waals surface area contributed by atoms with Gasteiger partial charge in [-0.25, -0.2) is 4.79 Å². The summed E-state index contributed by atoms with van der Waals surface area (Å²) in [4.78, 5) is 23.2. The van der Waals surface area contributed by atoms with Crippen LogP contribution in [0.4, 0.5) is 0 Å². The molecule has 0 spiro atoms. The molecule has 1 N–H and O–H groups in total. The molecule has 1 aromatic heterocycles. The standard InChI is InChI=1S/C15H16N2O3/c1-11(15(19)20-2)16-14(18)12-5-7-13(8-6-12)17-9-3-4-10-17/h3-11H,1-2H3,(H,16,18). The van der Waals surface area contributed by atoms with Crippen LogP contribution in [-0.2, 0) is 9.53 Å². The number of esters is 1. The highest BCUT2D eigenvalue weighted by Crippen LogP contribution is 2.10. The molecule has 1 atom stereocenters. The van der Waals surface area contributed by atoms with Crippen LogP contribution in [0.2, 0.25) is 0 Å². The first kappa shape index (κ1) is 13.9. The number of nitrogens with zero attached hydrogens (tertiary/aromatic N) is 1. The quantitative estimate of drug-likeness (QED) is 0.863. The van der Waals surface area contributed by atoms with E-state index < -0.39 is 12.0 Å². The third-order valence-electron chi connectivity index (χ3n) is 2.93. The minimum Gasteiger partial charge on any atom is -0.467 e. The minimum absolute atomic E-state index is 0.304. The average Bonchev–Trinajstić information content (AvgIpc) is 3.00. The summed E-state index contributed by atoms with van der Waals surface area (Å²) in [6.07, 6.45) is 3.85. The molecular formula is C15H16N2O3. The Kier molecular flexibility index (Phi) is 4.20. The third kappa shape index (κ3) is 3.06. The van der Waals surface area contributed by atoms with Crippen molar-refractivity contribution in [3.63, 3.8) is 0 Å². The lowest BCUT2D eigenvalue weighted by Gasteiger charge is -2.11. The van der Waals surface area contributed by atoms with Gasteiger partial charge < -0.3 is 14.6 Å². The molecule has 1 heterocycles. The zero-order valence-electron chi connectivity index (χ0n) is 11.4. The molecule has 104 valence electrons. The Hall–Kier alpha value is -2.56. The molecule has 2 rings (SSSR count). The molecule has 1 unspecified atom stereocenters. The van der Waals surface area contributed by atoms with E-state index in [9.17, 15) is 9.59 Å². The second-order valence-electron chi connectivity index (χ2n) is 4.36. The summed E-state index contributed by atoms with van der Waals surface area (Å²) in [7, 11) is 1.29. The van der Waals surface area contributed by atoms with Crippen molar-refractivity contribution in [1.29, 1.82) is 0 Å². The number of nitrogens with one attached hydrogen (secondary N) is 1. The lowest BCUT2D eigenvalue weighted by molar-refractivity contribution is -0.142. The van der Waals surface area contributed by atoms with Crippen LogP contribution >= 0.6 is 0 Å². The second-order valence-corrected chi connectivity index (χ2v) is 4.36. The Balaban J connectivity index is 2.06. The highest BCUT2D eigenvalue weighted by molar-refractivity contribution is 5.96. The Bertz CT molecular complexity index is 588. The number of carbonyl (C=O) groups is 2. The predicted molar refractivity (Wildman–Crippen MR) is 74.7 cm³/mol. The van der Waals surface area contributed by atoms with Crippen LogP contribution in [0, 0.1) is 0 Å². The minimum atomic E-state index is -0.670. The molecule has 20 heavy (non-hydrogen) atoms. The number of rotatable bonds is 4. The van der Waals surface area contributed by atoms with E-state index in [2.05, 4.69) is 10.1 Å². The van der Waals surface area contributed by atoms with E-state index in [1.165, 1.54) is 7.11 Å². The van der Waals surface area contributed by atoms with Crippen LogP contribution in [0.5, 0.6) is 0 Å². The normalized spacial score (nSPS) is 11.7. The summed E-state index contributed by atoms with van der Waals surface area (Å²) in [6.45, 7) is 1.58. The average molecular weight is 272 g/mol. The predicted octanol–water partition coefficient (Wildman–Crippen LogP) is 1.77. The van der Waals surface area contributed by atoms with Gasteiger partial charge in [0.1, 0.15) is 6.04 Å². The summed E-state index contributed by atoms with van der Waals surface area (Å²) in [6, 6.07) is 10.3. The number of ether oxygens (including phenoxy) is 1. The van der Waals surface area contributed by atoms with Crippen molar-refractivity contribution in [1.82, 2.24) is 9.88 Å². The lowest BCUT2D eigenvalue weighted by atomic mass is 10.2. The van der Waals surface area contributed by atoms with Gasteiger partial charge in [-0.3, -0.25) is 4.79 Å². The van der Waals surface area contributed by atoms with E-state index >= 15 is 0 Å². The molecule has 0 radical (unpaired) electrons. The maximum absolute atomic E-state index is 11.9. The number of amides is 1. The Morgan fingerprint density at radius 2 is 1.75 bits per heavy atom. The maximum atomic E-state index is 11.9. The van der Waals surface area contributed by atoms with E-state index in [1.807, 2.05) is 41.2 Å². The summed E-state index contributed by atoms with van der Waals surface area (Å²) in [5.41, 5.74) is 1.46. The number of hydrogen-bond donors (Lipinski definition) is 1. The van der Waals surface area contributed by atoms with Crippen LogP contribution in [-0.4, -0.2) is 29.6 Å². The number of aromatic nitrogens is 1. The Morgan fingerprint density at radius 1 is 1.15 bits per heavy atom. The summed E-state index contributed by atoms with van der Waals surface area (Å²) < 4.78 is 6.50. The molecule has 0 saturated carbocycles. The molecule has 0 fully saturated rings. The van der Waals surface area contributed by atoms with Gasteiger partial charge in [-0.1, -0.05) is 0 Å². The summed E-state index contributed by atoms with van der Waals surface area (Å²) >= 11 is 0. The highest BCUT2D eigenvalue weighted by atomic mass is 16.5. The van der Waals surface area contributed by atoms with Crippen LogP contribution in [0.3, 0.4) is 0 Å². The molecular weight excluding hydrogens is 256 g/mol. The first-order valence-electron chi connectivity index (χ1n) is 6.24. The first-order chi connectivity index (χ1) is 9.61. The molecule has 5 nitrogen and oxygen atoms in total. The first-order valence-corrected chi connectivity index (χ1v) is 6.24. The van der Waals surface area contributed by atoms with Gasteiger partial charge in [0.15, 0.2) is 0 Å². The zero-order chi connectivity index (χ0) is 14.5. The number of hydrogen-bond acceptors (Lipinski definition) is 3. The molecule has 0 bridgehead atoms. The molecule has 0 aliphatic carbocycles. The highest BCUT2D eigenvalue weighted by Gasteiger charge is 2.16. The van der Waals surface area contributed by atoms with Crippen LogP contribution in [0.15, 0.2) is 48.8 Å². The van der Waals surface area contributed by atoms with Crippen LogP contribution in [0.25, 0.3) is 5.69 Å². The van der Waals surface area contributed by atoms with Gasteiger partial charge in [0.25, 0.3) is 5.91 Å². The van der Waals surface area contributed by atoms with Crippen molar-refractivity contribution in [3.8, 4) is 5.69 Å². The van der Waals surface area contributed by atoms with E-state index in [0.717, 1.165) is 5.69 Å². The van der Waals surface area contributed by atoms with Gasteiger partial charge in [-0.05, 0) is 43.3 Å². The van der Waals surface area contributed by atoms with Crippen molar-refractivity contribution in [3.05, 3.63) is 54.4 Å². The number of methoxy groups -OCH3 is 1. The molecule has 0 aliphatic heterocycles. The van der Waals surface area contributed by atoms with Gasteiger partial charge in [0, 0.05) is 23.6 Å². The largest absolute Gasteiger partial charge is 0.467 e. The molecule has 2 aromatic rings. The SMILES string of the molecule is COC(=O)C(C)NC(=O)c1ccc(-n2cccc2)cc1. The van der Waals surface area contributed by atoms with Gasteiger partial charge >= 0.3 is 5.97 Å². The summed E-state index contributed by atoms with van der Waals surface area (Å²) in [5, 5.41) is 2.58. The van der Waals surface area contributed by atoms with Gasteiger partial charge in [0.05, 0.1) is 7.11 Å². The lowest BCUT2D eigenvalue weighted by Crippen LogP contribution is -2.39. The Morgan fingerprint density at radius 3 is 2.30 bits per heavy atom. The third-order valence-corrected chi connectivity index (χ3v) is 2.93. The molecule has 0 aliphatic rings. The van der Waals surface area contributed by atoms with Gasteiger partial charge in [-0.2, -0.15) is 0 Å². The van der Waals surface area contributed by atoms with E-state index in [0.29, 0.717) is 5.56 Å². The van der Waals surface area contributed by atoms with E-state index in [1.54, 1.807) is 19.1 Å². The molecule has 5 heteroatoms. The van der Waals surface area contributed by atoms with E-state index in [-0.39, 0.29) is 5.91 Å². The smallest absolute Gasteiger partial charge is 0.328 e. The fourth-order valence-corrected chi connectivity index (χ4v) is 1.81. The van der Waals surface area contributed by atoms with Crippen LogP contribution in [0.1, 0.15) is 17.3 Å². The molecule has 1 amide bonds. The molecule has 0 saturated heterocycles. The van der Waals surface area contributed by atoms with Gasteiger partial charge in [0.2, 0.25) is 0 Å². The topological polar surface area (TPSA) is 60.3 Å². The zero-order valence-corrected chi connectivity index (χ0v) is 11.4. The number of benzene rings is 1. The molecule has 1 aromatic carbocycles. The van der Waals surface area contributed by atoms with Crippen molar-refractivity contribution >= 4 is 11.9 Å². The Labute approximate surface area is 117 Å². The fourth-order valence-electron chi connectivity index (χ4n) is 1.81. The second kappa shape index (κ2) is 6.06. The van der Waals surface area contributed by atoms with Crippen molar-refractivity contribution < 1.29 is 14.3 Å². The van der Waals surface area contributed by atoms with Crippen molar-refractivity contribution in [2.45, 2.75) is 13.0 Å². The number of carbonyl (C=O) groups excluding carboxylic acids is 2. The van der Waals surface area contributed by atoms with Crippen LogP contribution < -0.4 is 5.32 Å². The van der Waals surface area contributed by atoms with Gasteiger partial charge in [-0.15, -0.1) is 0 Å². The monoisotopic (exact) mass is 272 g/mol. The van der Waals surface area contributed by atoms with E-state index in [4.69, 9.17) is 0 Å². The maximum Gasteiger partial charge on any atom is 0.328 e. The van der Waals surface area contributed by atoms with Crippen molar-refractivity contribution in [2.24, 2.45) is 0 Å². The summed E-state index contributed by atoms with van der Waals surface area (Å²) in [5.74, 6) is -0.774.